The van der Waals surface area contributed by atoms with Crippen molar-refractivity contribution in [3.05, 3.63) is 35.4 Å². The van der Waals surface area contributed by atoms with Gasteiger partial charge < -0.3 is 15.8 Å². The van der Waals surface area contributed by atoms with Crippen molar-refractivity contribution in [3.8, 4) is 0 Å². The van der Waals surface area contributed by atoms with Crippen LogP contribution in [0.2, 0.25) is 0 Å². The van der Waals surface area contributed by atoms with Gasteiger partial charge in [0.15, 0.2) is 5.96 Å². The van der Waals surface area contributed by atoms with Gasteiger partial charge in [0.2, 0.25) is 0 Å². The van der Waals surface area contributed by atoms with Crippen LogP contribution in [0.15, 0.2) is 29.3 Å². The lowest BCUT2D eigenvalue weighted by Crippen LogP contribution is -2.32. The van der Waals surface area contributed by atoms with Crippen LogP contribution in [0.1, 0.15) is 31.4 Å². The van der Waals surface area contributed by atoms with E-state index < -0.39 is 12.8 Å². The van der Waals surface area contributed by atoms with Crippen molar-refractivity contribution in [2.45, 2.75) is 39.6 Å². The number of nitrogens with zero attached hydrogens (tertiary/aromatic N) is 1. The Hall–Kier alpha value is -1.03. The van der Waals surface area contributed by atoms with Crippen LogP contribution in [0.3, 0.4) is 0 Å². The molecule has 0 aliphatic carbocycles. The maximum absolute atomic E-state index is 12.0. The smallest absolute Gasteiger partial charge is 0.370 e. The van der Waals surface area contributed by atoms with Gasteiger partial charge in [-0.15, -0.1) is 24.0 Å². The maximum Gasteiger partial charge on any atom is 0.411 e. The molecule has 0 bridgehead atoms. The van der Waals surface area contributed by atoms with Crippen molar-refractivity contribution in [1.29, 1.82) is 0 Å². The number of halogens is 4. The summed E-state index contributed by atoms with van der Waals surface area (Å²) in [5, 5.41) is 3.03. The number of rotatable bonds is 8. The molecule has 8 heteroatoms. The fraction of sp³-hybridized carbons (Fsp3) is 0.562. The van der Waals surface area contributed by atoms with E-state index >= 15 is 0 Å². The Labute approximate surface area is 158 Å². The number of aliphatic imine (C=N–C) groups is 1. The fourth-order valence-electron chi connectivity index (χ4n) is 1.82. The van der Waals surface area contributed by atoms with Crippen LogP contribution in [-0.2, 0) is 17.9 Å². The fourth-order valence-corrected chi connectivity index (χ4v) is 1.82. The Morgan fingerprint density at radius 2 is 1.96 bits per heavy atom. The average molecular weight is 459 g/mol. The van der Waals surface area contributed by atoms with Crippen LogP contribution in [0.25, 0.3) is 0 Å². The SMILES string of the molecule is CC(C)CCNC(N)=NCc1cccc(COCC(F)(F)F)c1.I. The Balaban J connectivity index is 0.00000529. The molecule has 0 atom stereocenters. The average Bonchev–Trinajstić information content (AvgIpc) is 2.44. The van der Waals surface area contributed by atoms with Gasteiger partial charge in [-0.3, -0.25) is 0 Å². The molecule has 0 aliphatic rings. The summed E-state index contributed by atoms with van der Waals surface area (Å²) in [6, 6.07) is 7.09. The number of alkyl halides is 3. The molecule has 4 nitrogen and oxygen atoms in total. The van der Waals surface area contributed by atoms with Crippen LogP contribution in [-0.4, -0.2) is 25.3 Å². The Morgan fingerprint density at radius 3 is 2.58 bits per heavy atom. The molecule has 24 heavy (non-hydrogen) atoms. The molecule has 0 fully saturated rings. The lowest BCUT2D eigenvalue weighted by atomic mass is 10.1. The topological polar surface area (TPSA) is 59.6 Å². The second-order valence-electron chi connectivity index (χ2n) is 5.74. The first kappa shape index (κ1) is 23.0. The molecular weight excluding hydrogens is 434 g/mol. The van der Waals surface area contributed by atoms with Gasteiger partial charge in [-0.2, -0.15) is 13.2 Å². The van der Waals surface area contributed by atoms with Gasteiger partial charge in [-0.05, 0) is 23.5 Å². The van der Waals surface area contributed by atoms with Gasteiger partial charge in [0.05, 0.1) is 13.2 Å². The monoisotopic (exact) mass is 459 g/mol. The third-order valence-electron chi connectivity index (χ3n) is 2.99. The summed E-state index contributed by atoms with van der Waals surface area (Å²) in [6.07, 6.45) is -3.31. The summed E-state index contributed by atoms with van der Waals surface area (Å²) < 4.78 is 40.7. The number of nitrogens with two attached hydrogens (primary N) is 1. The highest BCUT2D eigenvalue weighted by molar-refractivity contribution is 14.0. The molecule has 0 radical (unpaired) electrons. The molecule has 0 amide bonds. The minimum absolute atomic E-state index is 0. The maximum atomic E-state index is 12.0. The number of hydrogen-bond donors (Lipinski definition) is 2. The van der Waals surface area contributed by atoms with Crippen LogP contribution in [0.4, 0.5) is 13.2 Å². The van der Waals surface area contributed by atoms with Crippen LogP contribution in [0.5, 0.6) is 0 Å². The first-order valence-electron chi connectivity index (χ1n) is 7.52. The Kier molecular flexibility index (Phi) is 11.0. The number of ether oxygens (including phenoxy) is 1. The van der Waals surface area contributed by atoms with Crippen molar-refractivity contribution < 1.29 is 17.9 Å². The molecule has 0 spiro atoms. The largest absolute Gasteiger partial charge is 0.411 e. The summed E-state index contributed by atoms with van der Waals surface area (Å²) in [5.74, 6) is 0.952. The zero-order valence-electron chi connectivity index (χ0n) is 13.9. The second kappa shape index (κ2) is 11.5. The number of hydrogen-bond acceptors (Lipinski definition) is 2. The first-order chi connectivity index (χ1) is 10.8. The third-order valence-corrected chi connectivity index (χ3v) is 2.99. The van der Waals surface area contributed by atoms with Gasteiger partial charge in [-0.25, -0.2) is 4.99 Å². The number of guanidine groups is 1. The lowest BCUT2D eigenvalue weighted by Gasteiger charge is -2.09. The summed E-state index contributed by atoms with van der Waals surface area (Å²) >= 11 is 0. The quantitative estimate of drug-likeness (QED) is 0.353. The lowest BCUT2D eigenvalue weighted by molar-refractivity contribution is -0.176. The first-order valence-corrected chi connectivity index (χ1v) is 7.52. The Bertz CT molecular complexity index is 508. The summed E-state index contributed by atoms with van der Waals surface area (Å²) in [7, 11) is 0. The predicted molar refractivity (Wildman–Crippen MR) is 100 cm³/mol. The molecule has 138 valence electrons. The van der Waals surface area contributed by atoms with E-state index in [0.717, 1.165) is 18.5 Å². The van der Waals surface area contributed by atoms with Gasteiger partial charge in [-0.1, -0.05) is 38.1 Å². The minimum Gasteiger partial charge on any atom is -0.370 e. The van der Waals surface area contributed by atoms with E-state index in [9.17, 15) is 13.2 Å². The molecule has 0 saturated carbocycles. The van der Waals surface area contributed by atoms with Crippen molar-refractivity contribution in [2.24, 2.45) is 16.6 Å². The van der Waals surface area contributed by atoms with Crippen LogP contribution in [0, 0.1) is 5.92 Å². The molecule has 0 unspecified atom stereocenters. The molecule has 3 N–H and O–H groups in total. The molecule has 0 aliphatic heterocycles. The molecule has 0 heterocycles. The van der Waals surface area contributed by atoms with E-state index in [1.165, 1.54) is 0 Å². The van der Waals surface area contributed by atoms with E-state index in [-0.39, 0.29) is 30.6 Å². The van der Waals surface area contributed by atoms with Crippen molar-refractivity contribution in [2.75, 3.05) is 13.2 Å². The predicted octanol–water partition coefficient (Wildman–Crippen LogP) is 3.83. The van der Waals surface area contributed by atoms with Crippen molar-refractivity contribution in [3.63, 3.8) is 0 Å². The molecule has 1 rings (SSSR count). The van der Waals surface area contributed by atoms with E-state index in [1.807, 2.05) is 6.07 Å². The van der Waals surface area contributed by atoms with Gasteiger partial charge in [0.1, 0.15) is 6.61 Å². The highest BCUT2D eigenvalue weighted by atomic mass is 127. The Morgan fingerprint density at radius 1 is 1.29 bits per heavy atom. The summed E-state index contributed by atoms with van der Waals surface area (Å²) in [6.45, 7) is 4.05. The zero-order chi connectivity index (χ0) is 17.3. The standard InChI is InChI=1S/C16H24F3N3O.HI/c1-12(2)6-7-21-15(20)22-9-13-4-3-5-14(8-13)10-23-11-16(17,18)19;/h3-5,8,12H,6-7,9-11H2,1-2H3,(H3,20,21,22);1H. The van der Waals surface area contributed by atoms with Crippen LogP contribution >= 0.6 is 24.0 Å². The number of nitrogens with one attached hydrogen (secondary N) is 1. The molecule has 0 aromatic heterocycles. The van der Waals surface area contributed by atoms with Crippen molar-refractivity contribution in [1.82, 2.24) is 5.32 Å². The second-order valence-corrected chi connectivity index (χ2v) is 5.74. The third kappa shape index (κ3) is 11.5. The van der Waals surface area contributed by atoms with Crippen LogP contribution < -0.4 is 11.1 Å². The highest BCUT2D eigenvalue weighted by Gasteiger charge is 2.27. The van der Waals surface area contributed by atoms with E-state index in [2.05, 4.69) is 28.9 Å². The van der Waals surface area contributed by atoms with E-state index in [1.54, 1.807) is 18.2 Å². The molecule has 1 aromatic carbocycles. The van der Waals surface area contributed by atoms with E-state index in [4.69, 9.17) is 5.73 Å². The highest BCUT2D eigenvalue weighted by Crippen LogP contribution is 2.16. The summed E-state index contributed by atoms with van der Waals surface area (Å²) in [4.78, 5) is 4.21. The number of benzene rings is 1. The molecule has 1 aromatic rings. The van der Waals surface area contributed by atoms with Gasteiger partial charge in [0.25, 0.3) is 0 Å². The zero-order valence-corrected chi connectivity index (χ0v) is 16.2. The normalized spacial score (nSPS) is 12.2. The van der Waals surface area contributed by atoms with E-state index in [0.29, 0.717) is 24.0 Å². The van der Waals surface area contributed by atoms with Crippen molar-refractivity contribution >= 4 is 29.9 Å². The van der Waals surface area contributed by atoms with Gasteiger partial charge in [0, 0.05) is 6.54 Å². The minimum atomic E-state index is -4.31. The molecular formula is C16H25F3IN3O. The summed E-state index contributed by atoms with van der Waals surface area (Å²) in [5.41, 5.74) is 7.30. The molecule has 0 saturated heterocycles. The van der Waals surface area contributed by atoms with Gasteiger partial charge >= 0.3 is 6.18 Å².